The molecule has 1 aromatic carbocycles. The number of hydrogen-bond donors (Lipinski definition) is 2. The molecular weight excluding hydrogens is 338 g/mol. The molecule has 1 atom stereocenters. The van der Waals surface area contributed by atoms with Gasteiger partial charge in [0.05, 0.1) is 25.2 Å². The van der Waals surface area contributed by atoms with Gasteiger partial charge in [0, 0.05) is 24.6 Å². The second kappa shape index (κ2) is 10.7. The van der Waals surface area contributed by atoms with Crippen molar-refractivity contribution in [3.63, 3.8) is 0 Å². The van der Waals surface area contributed by atoms with Gasteiger partial charge in [0.1, 0.15) is 0 Å². The average molecular weight is 362 g/mol. The van der Waals surface area contributed by atoms with E-state index >= 15 is 0 Å². The van der Waals surface area contributed by atoms with Gasteiger partial charge in [0.2, 0.25) is 5.91 Å². The Morgan fingerprint density at radius 1 is 1.33 bits per heavy atom. The standard InChI is InChI=1S/C15H23N3O5.ClH/c1-10(16)4-5-15(19)17-7-6-11-8-13(22-2)14(23-3)9-12(11)18(20)21;/h8-10H,4-7,16H2,1-3H3,(H,17,19);1H. The van der Waals surface area contributed by atoms with Crippen LogP contribution in [0, 0.1) is 10.1 Å². The van der Waals surface area contributed by atoms with Crippen LogP contribution in [-0.4, -0.2) is 37.6 Å². The normalized spacial score (nSPS) is 11.2. The summed E-state index contributed by atoms with van der Waals surface area (Å²) in [6, 6.07) is 2.85. The number of amides is 1. The molecular formula is C15H24ClN3O5. The molecule has 1 rings (SSSR count). The summed E-state index contributed by atoms with van der Waals surface area (Å²) in [7, 11) is 2.88. The number of nitro groups is 1. The highest BCUT2D eigenvalue weighted by Gasteiger charge is 2.19. The molecule has 8 nitrogen and oxygen atoms in total. The maximum Gasteiger partial charge on any atom is 0.276 e. The van der Waals surface area contributed by atoms with Crippen molar-refractivity contribution in [1.82, 2.24) is 5.32 Å². The minimum atomic E-state index is -0.477. The van der Waals surface area contributed by atoms with Crippen LogP contribution in [-0.2, 0) is 11.2 Å². The van der Waals surface area contributed by atoms with Crippen molar-refractivity contribution in [2.24, 2.45) is 5.73 Å². The maximum atomic E-state index is 11.6. The molecule has 0 saturated carbocycles. The van der Waals surface area contributed by atoms with Crippen LogP contribution < -0.4 is 20.5 Å². The molecule has 1 aromatic rings. The van der Waals surface area contributed by atoms with Crippen molar-refractivity contribution in [3.05, 3.63) is 27.8 Å². The van der Waals surface area contributed by atoms with Crippen molar-refractivity contribution in [3.8, 4) is 11.5 Å². The van der Waals surface area contributed by atoms with E-state index in [1.54, 1.807) is 6.07 Å². The SMILES string of the molecule is COc1cc(CCNC(=O)CCC(C)N)c([N+](=O)[O-])cc1OC.Cl. The molecule has 0 spiro atoms. The fourth-order valence-electron chi connectivity index (χ4n) is 2.06. The van der Waals surface area contributed by atoms with Crippen LogP contribution in [0.4, 0.5) is 5.69 Å². The Morgan fingerprint density at radius 2 is 1.92 bits per heavy atom. The molecule has 0 aromatic heterocycles. The number of nitrogens with two attached hydrogens (primary N) is 1. The predicted molar refractivity (Wildman–Crippen MR) is 93.0 cm³/mol. The lowest BCUT2D eigenvalue weighted by Crippen LogP contribution is -2.27. The number of nitro benzene ring substituents is 1. The zero-order valence-electron chi connectivity index (χ0n) is 14.0. The fourth-order valence-corrected chi connectivity index (χ4v) is 2.06. The first kappa shape index (κ1) is 21.9. The van der Waals surface area contributed by atoms with Crippen LogP contribution in [0.15, 0.2) is 12.1 Å². The van der Waals surface area contributed by atoms with Crippen LogP contribution in [0.3, 0.4) is 0 Å². The third-order valence-corrected chi connectivity index (χ3v) is 3.32. The highest BCUT2D eigenvalue weighted by atomic mass is 35.5. The largest absolute Gasteiger partial charge is 0.493 e. The number of carbonyl (C=O) groups excluding carboxylic acids is 1. The van der Waals surface area contributed by atoms with Gasteiger partial charge >= 0.3 is 0 Å². The van der Waals surface area contributed by atoms with Crippen LogP contribution in [0.1, 0.15) is 25.3 Å². The molecule has 0 aliphatic carbocycles. The van der Waals surface area contributed by atoms with Gasteiger partial charge in [-0.15, -0.1) is 12.4 Å². The molecule has 0 fully saturated rings. The lowest BCUT2D eigenvalue weighted by atomic mass is 10.1. The number of benzene rings is 1. The van der Waals surface area contributed by atoms with Crippen molar-refractivity contribution >= 4 is 24.0 Å². The first-order valence-corrected chi connectivity index (χ1v) is 7.30. The van der Waals surface area contributed by atoms with Crippen molar-refractivity contribution in [2.75, 3.05) is 20.8 Å². The Labute approximate surface area is 147 Å². The first-order chi connectivity index (χ1) is 10.9. The summed E-state index contributed by atoms with van der Waals surface area (Å²) in [5.74, 6) is 0.589. The van der Waals surface area contributed by atoms with E-state index in [0.717, 1.165) is 0 Å². The number of ether oxygens (including phenoxy) is 2. The van der Waals surface area contributed by atoms with E-state index in [1.807, 2.05) is 6.92 Å². The molecule has 9 heteroatoms. The molecule has 3 N–H and O–H groups in total. The van der Waals surface area contributed by atoms with Crippen molar-refractivity contribution in [1.29, 1.82) is 0 Å². The summed E-state index contributed by atoms with van der Waals surface area (Å²) in [4.78, 5) is 22.3. The van der Waals surface area contributed by atoms with Crippen LogP contribution in [0.5, 0.6) is 11.5 Å². The second-order valence-corrected chi connectivity index (χ2v) is 5.21. The Hall–Kier alpha value is -2.06. The minimum absolute atomic E-state index is 0. The van der Waals surface area contributed by atoms with Gasteiger partial charge in [-0.3, -0.25) is 14.9 Å². The lowest BCUT2D eigenvalue weighted by Gasteiger charge is -2.11. The number of nitrogens with zero attached hydrogens (tertiary/aromatic N) is 1. The quantitative estimate of drug-likeness (QED) is 0.511. The summed E-state index contributed by atoms with van der Waals surface area (Å²) in [5.41, 5.74) is 6.00. The molecule has 24 heavy (non-hydrogen) atoms. The van der Waals surface area contributed by atoms with Gasteiger partial charge in [-0.1, -0.05) is 0 Å². The number of halogens is 1. The van der Waals surface area contributed by atoms with E-state index in [4.69, 9.17) is 15.2 Å². The first-order valence-electron chi connectivity index (χ1n) is 7.30. The summed E-state index contributed by atoms with van der Waals surface area (Å²) in [6.45, 7) is 2.13. The van der Waals surface area contributed by atoms with Crippen molar-refractivity contribution < 1.29 is 19.2 Å². The van der Waals surface area contributed by atoms with E-state index in [2.05, 4.69) is 5.32 Å². The zero-order valence-corrected chi connectivity index (χ0v) is 14.9. The van der Waals surface area contributed by atoms with Crippen molar-refractivity contribution in [2.45, 2.75) is 32.2 Å². The van der Waals surface area contributed by atoms with E-state index in [1.165, 1.54) is 20.3 Å². The van der Waals surface area contributed by atoms with Gasteiger partial charge in [-0.05, 0) is 25.8 Å². The number of methoxy groups -OCH3 is 2. The Kier molecular flexibility index (Phi) is 9.75. The second-order valence-electron chi connectivity index (χ2n) is 5.21. The van der Waals surface area contributed by atoms with E-state index < -0.39 is 4.92 Å². The van der Waals surface area contributed by atoms with Gasteiger partial charge in [0.15, 0.2) is 11.5 Å². The minimum Gasteiger partial charge on any atom is -0.493 e. The molecule has 0 saturated heterocycles. The van der Waals surface area contributed by atoms with Crippen LogP contribution in [0.2, 0.25) is 0 Å². The Morgan fingerprint density at radius 3 is 2.42 bits per heavy atom. The van der Waals surface area contributed by atoms with Gasteiger partial charge in [-0.25, -0.2) is 0 Å². The third kappa shape index (κ3) is 6.59. The summed E-state index contributed by atoms with van der Waals surface area (Å²) >= 11 is 0. The smallest absolute Gasteiger partial charge is 0.276 e. The number of rotatable bonds is 9. The topological polar surface area (TPSA) is 117 Å². The molecule has 0 radical (unpaired) electrons. The monoisotopic (exact) mass is 361 g/mol. The summed E-state index contributed by atoms with van der Waals surface area (Å²) in [6.07, 6.45) is 1.26. The molecule has 0 heterocycles. The highest BCUT2D eigenvalue weighted by molar-refractivity contribution is 5.85. The van der Waals surface area contributed by atoms with E-state index in [9.17, 15) is 14.9 Å². The molecule has 0 aliphatic rings. The Balaban J connectivity index is 0.00000529. The molecule has 0 aliphatic heterocycles. The number of nitrogens with one attached hydrogen (secondary N) is 1. The zero-order chi connectivity index (χ0) is 17.4. The summed E-state index contributed by atoms with van der Waals surface area (Å²) < 4.78 is 10.2. The number of hydrogen-bond acceptors (Lipinski definition) is 6. The maximum absolute atomic E-state index is 11.6. The highest BCUT2D eigenvalue weighted by Crippen LogP contribution is 2.34. The Bertz CT molecular complexity index is 566. The van der Waals surface area contributed by atoms with Gasteiger partial charge in [-0.2, -0.15) is 0 Å². The predicted octanol–water partition coefficient (Wildman–Crippen LogP) is 1.82. The molecule has 1 amide bonds. The molecule has 136 valence electrons. The van der Waals surface area contributed by atoms with E-state index in [0.29, 0.717) is 42.9 Å². The third-order valence-electron chi connectivity index (χ3n) is 3.32. The van der Waals surface area contributed by atoms with Crippen LogP contribution >= 0.6 is 12.4 Å². The van der Waals surface area contributed by atoms with Gasteiger partial charge < -0.3 is 20.5 Å². The number of carbonyl (C=O) groups is 1. The fraction of sp³-hybridized carbons (Fsp3) is 0.533. The van der Waals surface area contributed by atoms with Gasteiger partial charge in [0.25, 0.3) is 5.69 Å². The lowest BCUT2D eigenvalue weighted by molar-refractivity contribution is -0.385. The molecule has 1 unspecified atom stereocenters. The molecule has 0 bridgehead atoms. The summed E-state index contributed by atoms with van der Waals surface area (Å²) in [5, 5.41) is 13.9. The van der Waals surface area contributed by atoms with E-state index in [-0.39, 0.29) is 30.0 Å². The average Bonchev–Trinajstić information content (AvgIpc) is 2.51. The van der Waals surface area contributed by atoms with Crippen LogP contribution in [0.25, 0.3) is 0 Å².